The molecule has 1 saturated heterocycles. The summed E-state index contributed by atoms with van der Waals surface area (Å²) in [6, 6.07) is 6.60. The predicted octanol–water partition coefficient (Wildman–Crippen LogP) is 4.12. The number of anilines is 1. The highest BCUT2D eigenvalue weighted by molar-refractivity contribution is 9.10. The molecule has 0 unspecified atom stereocenters. The summed E-state index contributed by atoms with van der Waals surface area (Å²) in [5, 5.41) is 11.2. The van der Waals surface area contributed by atoms with Crippen LogP contribution in [0.5, 0.6) is 5.75 Å². The highest BCUT2D eigenvalue weighted by Crippen LogP contribution is 2.39. The zero-order valence-corrected chi connectivity index (χ0v) is 19.0. The molecule has 32 heavy (non-hydrogen) atoms. The molecule has 0 atom stereocenters. The van der Waals surface area contributed by atoms with Crippen molar-refractivity contribution in [1.29, 1.82) is 0 Å². The van der Waals surface area contributed by atoms with E-state index in [9.17, 15) is 13.2 Å². The maximum Gasteiger partial charge on any atom is 0.418 e. The largest absolute Gasteiger partial charge is 0.497 e. The molecule has 0 radical (unpaired) electrons. The lowest BCUT2D eigenvalue weighted by Crippen LogP contribution is -2.49. The molecule has 0 saturated carbocycles. The minimum absolute atomic E-state index is 0.0918. The number of aryl methyl sites for hydroxylation is 1. The Bertz CT molecular complexity index is 1120. The molecule has 0 aliphatic carbocycles. The molecule has 1 N–H and O–H groups in total. The third-order valence-corrected chi connectivity index (χ3v) is 5.95. The molecule has 1 aromatic carbocycles. The van der Waals surface area contributed by atoms with Gasteiger partial charge in [-0.2, -0.15) is 13.2 Å². The normalized spacial score (nSPS) is 15.3. The quantitative estimate of drug-likeness (QED) is 0.514. The lowest BCUT2D eigenvalue weighted by Gasteiger charge is -2.42. The zero-order valence-electron chi connectivity index (χ0n) is 17.4. The molecular formula is C21H21BrF3N5O2. The van der Waals surface area contributed by atoms with E-state index in [0.29, 0.717) is 31.1 Å². The van der Waals surface area contributed by atoms with Gasteiger partial charge < -0.3 is 19.4 Å². The van der Waals surface area contributed by atoms with Crippen molar-refractivity contribution >= 4 is 21.6 Å². The van der Waals surface area contributed by atoms with E-state index >= 15 is 0 Å². The number of pyridine rings is 1. The van der Waals surface area contributed by atoms with E-state index in [4.69, 9.17) is 9.47 Å². The molecule has 1 aliphatic rings. The van der Waals surface area contributed by atoms with Gasteiger partial charge in [0.25, 0.3) is 0 Å². The molecule has 170 valence electrons. The van der Waals surface area contributed by atoms with Crippen LogP contribution in [0.1, 0.15) is 22.6 Å². The van der Waals surface area contributed by atoms with Crippen LogP contribution in [-0.4, -0.2) is 40.1 Å². The first-order chi connectivity index (χ1) is 15.2. The van der Waals surface area contributed by atoms with Crippen molar-refractivity contribution in [1.82, 2.24) is 19.7 Å². The van der Waals surface area contributed by atoms with Crippen molar-refractivity contribution in [3.63, 3.8) is 0 Å². The van der Waals surface area contributed by atoms with Gasteiger partial charge in [0.1, 0.15) is 17.9 Å². The summed E-state index contributed by atoms with van der Waals surface area (Å²) >= 11 is 3.06. The number of rotatable bonds is 7. The van der Waals surface area contributed by atoms with Crippen LogP contribution in [0.4, 0.5) is 18.9 Å². The summed E-state index contributed by atoms with van der Waals surface area (Å²) in [6.45, 7) is 0.902. The van der Waals surface area contributed by atoms with E-state index in [1.165, 1.54) is 6.20 Å². The van der Waals surface area contributed by atoms with E-state index in [2.05, 4.69) is 36.4 Å². The van der Waals surface area contributed by atoms with Crippen molar-refractivity contribution in [2.75, 3.05) is 25.6 Å². The Balaban J connectivity index is 1.62. The lowest BCUT2D eigenvalue weighted by molar-refractivity contribution is -0.138. The Labute approximate surface area is 191 Å². The van der Waals surface area contributed by atoms with Gasteiger partial charge in [0.05, 0.1) is 38.1 Å². The molecule has 0 amide bonds. The standard InChI is InChI=1S/C21H21BrF3N5O2/c1-30-12-28-29-19(30)7-20(10-32-11-20)13-3-15(6-16(4-13)31-2)26-9-18-17(21(23,24)25)5-14(22)8-27-18/h3-6,8,12,26H,7,9-11H2,1-2H3. The molecule has 2 aromatic heterocycles. The van der Waals surface area contributed by atoms with Gasteiger partial charge in [-0.15, -0.1) is 10.2 Å². The van der Waals surface area contributed by atoms with Crippen LogP contribution < -0.4 is 10.1 Å². The highest BCUT2D eigenvalue weighted by Gasteiger charge is 2.42. The number of ether oxygens (including phenoxy) is 2. The average molecular weight is 512 g/mol. The smallest absolute Gasteiger partial charge is 0.418 e. The molecule has 1 aliphatic heterocycles. The Morgan fingerprint density at radius 2 is 2.03 bits per heavy atom. The van der Waals surface area contributed by atoms with Crippen LogP contribution in [0.2, 0.25) is 0 Å². The van der Waals surface area contributed by atoms with Crippen LogP contribution in [0.15, 0.2) is 41.3 Å². The Hall–Kier alpha value is -2.66. The van der Waals surface area contributed by atoms with Crippen LogP contribution in [-0.2, 0) is 36.3 Å². The first-order valence-electron chi connectivity index (χ1n) is 9.76. The molecule has 11 heteroatoms. The molecule has 4 rings (SSSR count). The zero-order chi connectivity index (χ0) is 22.9. The van der Waals surface area contributed by atoms with Gasteiger partial charge in [0.15, 0.2) is 0 Å². The fraction of sp³-hybridized carbons (Fsp3) is 0.381. The predicted molar refractivity (Wildman–Crippen MR) is 114 cm³/mol. The van der Waals surface area contributed by atoms with Crippen molar-refractivity contribution in [3.8, 4) is 5.75 Å². The van der Waals surface area contributed by atoms with Crippen molar-refractivity contribution in [2.24, 2.45) is 7.05 Å². The summed E-state index contributed by atoms with van der Waals surface area (Å²) in [7, 11) is 3.43. The van der Waals surface area contributed by atoms with E-state index in [-0.39, 0.29) is 22.1 Å². The summed E-state index contributed by atoms with van der Waals surface area (Å²) in [5.74, 6) is 1.41. The third-order valence-electron chi connectivity index (χ3n) is 5.52. The van der Waals surface area contributed by atoms with Crippen molar-refractivity contribution in [2.45, 2.75) is 24.6 Å². The van der Waals surface area contributed by atoms with Crippen molar-refractivity contribution in [3.05, 3.63) is 63.9 Å². The van der Waals surface area contributed by atoms with E-state index in [1.54, 1.807) is 19.5 Å². The first kappa shape index (κ1) is 22.5. The number of hydrogen-bond donors (Lipinski definition) is 1. The lowest BCUT2D eigenvalue weighted by atomic mass is 9.75. The topological polar surface area (TPSA) is 74.1 Å². The fourth-order valence-corrected chi connectivity index (χ4v) is 3.99. The SMILES string of the molecule is COc1cc(NCc2ncc(Br)cc2C(F)(F)F)cc(C2(Cc3nncn3C)COC2)c1. The summed E-state index contributed by atoms with van der Waals surface area (Å²) in [6.07, 6.45) is -0.894. The minimum Gasteiger partial charge on any atom is -0.497 e. The second-order valence-corrected chi connectivity index (χ2v) is 8.67. The van der Waals surface area contributed by atoms with Gasteiger partial charge in [-0.25, -0.2) is 0 Å². The van der Waals surface area contributed by atoms with E-state index in [1.807, 2.05) is 23.7 Å². The number of halogens is 4. The van der Waals surface area contributed by atoms with Crippen LogP contribution in [0, 0.1) is 0 Å². The molecule has 7 nitrogen and oxygen atoms in total. The molecule has 3 heterocycles. The number of hydrogen-bond acceptors (Lipinski definition) is 6. The first-order valence-corrected chi connectivity index (χ1v) is 10.6. The number of aromatic nitrogens is 4. The summed E-state index contributed by atoms with van der Waals surface area (Å²) in [4.78, 5) is 3.96. The summed E-state index contributed by atoms with van der Waals surface area (Å²) < 4.78 is 53.4. The number of alkyl halides is 3. The van der Waals surface area contributed by atoms with Gasteiger partial charge in [-0.05, 0) is 39.7 Å². The highest BCUT2D eigenvalue weighted by atomic mass is 79.9. The average Bonchev–Trinajstić information content (AvgIpc) is 3.13. The second-order valence-electron chi connectivity index (χ2n) is 7.76. The molecule has 3 aromatic rings. The van der Waals surface area contributed by atoms with Gasteiger partial charge in [-0.3, -0.25) is 4.98 Å². The van der Waals surface area contributed by atoms with Crippen molar-refractivity contribution < 1.29 is 22.6 Å². The van der Waals surface area contributed by atoms with Crippen LogP contribution in [0.3, 0.4) is 0 Å². The van der Waals surface area contributed by atoms with E-state index < -0.39 is 11.7 Å². The van der Waals surface area contributed by atoms with Gasteiger partial charge in [-0.1, -0.05) is 0 Å². The molecule has 1 fully saturated rings. The maximum absolute atomic E-state index is 13.4. The minimum atomic E-state index is -4.50. The Kier molecular flexibility index (Phi) is 6.13. The monoisotopic (exact) mass is 511 g/mol. The van der Waals surface area contributed by atoms with E-state index in [0.717, 1.165) is 17.5 Å². The molecule has 0 spiro atoms. The van der Waals surface area contributed by atoms with Crippen LogP contribution in [0.25, 0.3) is 0 Å². The fourth-order valence-electron chi connectivity index (χ4n) is 3.65. The number of nitrogens with one attached hydrogen (secondary N) is 1. The maximum atomic E-state index is 13.4. The Morgan fingerprint density at radius 3 is 2.62 bits per heavy atom. The van der Waals surface area contributed by atoms with Gasteiger partial charge in [0, 0.05) is 41.3 Å². The van der Waals surface area contributed by atoms with Crippen LogP contribution >= 0.6 is 15.9 Å². The second kappa shape index (κ2) is 8.70. The summed E-state index contributed by atoms with van der Waals surface area (Å²) in [5.41, 5.74) is 0.382. The molecule has 0 bridgehead atoms. The molecular weight excluding hydrogens is 491 g/mol. The number of nitrogens with zero attached hydrogens (tertiary/aromatic N) is 4. The van der Waals surface area contributed by atoms with Gasteiger partial charge in [0.2, 0.25) is 0 Å². The number of benzene rings is 1. The third kappa shape index (κ3) is 4.58. The number of methoxy groups -OCH3 is 1. The Morgan fingerprint density at radius 1 is 1.25 bits per heavy atom. The van der Waals surface area contributed by atoms with Gasteiger partial charge >= 0.3 is 6.18 Å².